The summed E-state index contributed by atoms with van der Waals surface area (Å²) in [4.78, 5) is 25.2. The van der Waals surface area contributed by atoms with E-state index in [0.29, 0.717) is 17.5 Å². The van der Waals surface area contributed by atoms with Crippen LogP contribution in [0.2, 0.25) is 5.02 Å². The SMILES string of the molecule is Cl.O=C(N(CCCn1ccnc1)c1nc2c(Cl)cccc2s1)C12CC3CC(CC(C3)C1)C2. The van der Waals surface area contributed by atoms with Gasteiger partial charge in [0, 0.05) is 25.5 Å². The lowest BCUT2D eigenvalue weighted by molar-refractivity contribution is -0.143. The highest BCUT2D eigenvalue weighted by Crippen LogP contribution is 2.60. The van der Waals surface area contributed by atoms with Crippen molar-refractivity contribution in [2.75, 3.05) is 11.4 Å². The first-order valence-corrected chi connectivity index (χ1v) is 12.6. The van der Waals surface area contributed by atoms with Crippen molar-refractivity contribution in [1.29, 1.82) is 0 Å². The fraction of sp³-hybridized carbons (Fsp3) is 0.542. The van der Waals surface area contributed by atoms with Gasteiger partial charge in [0.15, 0.2) is 5.13 Å². The summed E-state index contributed by atoms with van der Waals surface area (Å²) in [7, 11) is 0. The average Bonchev–Trinajstić information content (AvgIpc) is 3.40. The summed E-state index contributed by atoms with van der Waals surface area (Å²) < 4.78 is 3.11. The zero-order valence-corrected chi connectivity index (χ0v) is 20.3. The van der Waals surface area contributed by atoms with Crippen molar-refractivity contribution in [3.05, 3.63) is 41.9 Å². The van der Waals surface area contributed by atoms with Gasteiger partial charge in [-0.3, -0.25) is 9.69 Å². The number of benzene rings is 1. The monoisotopic (exact) mass is 490 g/mol. The number of amides is 1. The molecule has 1 aromatic carbocycles. The minimum atomic E-state index is -0.175. The van der Waals surface area contributed by atoms with Gasteiger partial charge in [-0.05, 0) is 74.8 Å². The number of imidazole rings is 1. The Bertz CT molecular complexity index is 1080. The van der Waals surface area contributed by atoms with Crippen LogP contribution >= 0.6 is 35.3 Å². The largest absolute Gasteiger partial charge is 0.337 e. The van der Waals surface area contributed by atoms with Crippen molar-refractivity contribution in [2.24, 2.45) is 23.2 Å². The molecule has 4 saturated carbocycles. The number of aryl methyl sites for hydroxylation is 1. The van der Waals surface area contributed by atoms with Crippen LogP contribution in [0.1, 0.15) is 44.9 Å². The van der Waals surface area contributed by atoms with E-state index in [4.69, 9.17) is 16.6 Å². The molecular formula is C24H28Cl2N4OS. The highest BCUT2D eigenvalue weighted by atomic mass is 35.5. The molecule has 0 N–H and O–H groups in total. The summed E-state index contributed by atoms with van der Waals surface area (Å²) >= 11 is 8.00. The van der Waals surface area contributed by atoms with Crippen LogP contribution in [-0.2, 0) is 11.3 Å². The number of thiazole rings is 1. The maximum atomic E-state index is 14.2. The summed E-state index contributed by atoms with van der Waals surface area (Å²) in [6, 6.07) is 5.87. The highest BCUT2D eigenvalue weighted by Gasteiger charge is 2.55. The highest BCUT2D eigenvalue weighted by molar-refractivity contribution is 7.22. The van der Waals surface area contributed by atoms with Crippen molar-refractivity contribution in [3.63, 3.8) is 0 Å². The first kappa shape index (κ1) is 22.2. The zero-order valence-electron chi connectivity index (χ0n) is 18.0. The third-order valence-electron chi connectivity index (χ3n) is 7.68. The number of nitrogens with zero attached hydrogens (tertiary/aromatic N) is 4. The Morgan fingerprint density at radius 1 is 1.19 bits per heavy atom. The summed E-state index contributed by atoms with van der Waals surface area (Å²) in [5.41, 5.74) is 0.632. The lowest BCUT2D eigenvalue weighted by Crippen LogP contribution is -2.55. The van der Waals surface area contributed by atoms with Gasteiger partial charge in [-0.15, -0.1) is 12.4 Å². The van der Waals surface area contributed by atoms with E-state index < -0.39 is 0 Å². The van der Waals surface area contributed by atoms with Gasteiger partial charge in [0.05, 0.1) is 21.5 Å². The molecule has 0 aliphatic heterocycles. The van der Waals surface area contributed by atoms with Gasteiger partial charge >= 0.3 is 0 Å². The summed E-state index contributed by atoms with van der Waals surface area (Å²) in [6.45, 7) is 1.52. The molecular weight excluding hydrogens is 463 g/mol. The second-order valence-electron chi connectivity index (χ2n) is 9.89. The summed E-state index contributed by atoms with van der Waals surface area (Å²) in [5, 5.41) is 1.45. The van der Waals surface area contributed by atoms with Crippen LogP contribution in [0.3, 0.4) is 0 Å². The van der Waals surface area contributed by atoms with Gasteiger partial charge in [-0.1, -0.05) is 29.0 Å². The average molecular weight is 491 g/mol. The number of carbonyl (C=O) groups is 1. The fourth-order valence-electron chi connectivity index (χ4n) is 6.79. The van der Waals surface area contributed by atoms with Crippen molar-refractivity contribution < 1.29 is 4.79 Å². The minimum Gasteiger partial charge on any atom is -0.337 e. The van der Waals surface area contributed by atoms with Gasteiger partial charge in [-0.25, -0.2) is 9.97 Å². The number of hydrogen-bond donors (Lipinski definition) is 0. The number of rotatable bonds is 6. The van der Waals surface area contributed by atoms with Gasteiger partial charge < -0.3 is 4.57 Å². The van der Waals surface area contributed by atoms with Crippen molar-refractivity contribution in [3.8, 4) is 0 Å². The molecule has 32 heavy (non-hydrogen) atoms. The molecule has 170 valence electrons. The van der Waals surface area contributed by atoms with Crippen LogP contribution in [0.5, 0.6) is 0 Å². The molecule has 8 heteroatoms. The molecule has 5 nitrogen and oxygen atoms in total. The molecule has 2 aromatic heterocycles. The summed E-state index contributed by atoms with van der Waals surface area (Å²) in [6.07, 6.45) is 13.7. The van der Waals surface area contributed by atoms with E-state index in [-0.39, 0.29) is 17.8 Å². The topological polar surface area (TPSA) is 51.0 Å². The van der Waals surface area contributed by atoms with Crippen LogP contribution in [0, 0.1) is 23.2 Å². The number of anilines is 1. The van der Waals surface area contributed by atoms with E-state index in [1.54, 1.807) is 17.5 Å². The standard InChI is InChI=1S/C24H27ClN4OS.ClH/c25-19-3-1-4-20-21(19)27-23(31-20)29(7-2-6-28-8-5-26-15-28)22(30)24-12-16-9-17(13-24)11-18(10-16)14-24;/h1,3-5,8,15-18H,2,6-7,9-14H2;1H. The van der Waals surface area contributed by atoms with Crippen molar-refractivity contribution in [2.45, 2.75) is 51.5 Å². The molecule has 0 unspecified atom stereocenters. The molecule has 0 saturated heterocycles. The number of fused-ring (bicyclic) bond motifs is 1. The molecule has 0 spiro atoms. The molecule has 1 amide bonds. The maximum absolute atomic E-state index is 14.2. The van der Waals surface area contributed by atoms with Crippen LogP contribution in [-0.4, -0.2) is 27.0 Å². The molecule has 0 atom stereocenters. The fourth-order valence-corrected chi connectivity index (χ4v) is 8.08. The van der Waals surface area contributed by atoms with Crippen molar-refractivity contribution >= 4 is 56.6 Å². The molecule has 4 bridgehead atoms. The molecule has 4 fully saturated rings. The number of para-hydroxylation sites is 1. The Morgan fingerprint density at radius 3 is 2.53 bits per heavy atom. The van der Waals surface area contributed by atoms with Gasteiger partial charge in [0.25, 0.3) is 0 Å². The second-order valence-corrected chi connectivity index (χ2v) is 11.3. The predicted octanol–water partition coefficient (Wildman–Crippen LogP) is 6.21. The molecule has 7 rings (SSSR count). The van der Waals surface area contributed by atoms with Crippen LogP contribution in [0.4, 0.5) is 5.13 Å². The Hall–Kier alpha value is -1.63. The second kappa shape index (κ2) is 8.62. The predicted molar refractivity (Wildman–Crippen MR) is 132 cm³/mol. The van der Waals surface area contributed by atoms with E-state index in [0.717, 1.165) is 65.3 Å². The Kier molecular flexibility index (Phi) is 5.97. The maximum Gasteiger partial charge on any atom is 0.235 e. The van der Waals surface area contributed by atoms with Gasteiger partial charge in [-0.2, -0.15) is 0 Å². The van der Waals surface area contributed by atoms with Crippen LogP contribution in [0.15, 0.2) is 36.9 Å². The molecule has 4 aliphatic carbocycles. The molecule has 0 radical (unpaired) electrons. The number of hydrogen-bond acceptors (Lipinski definition) is 4. The lowest BCUT2D eigenvalue weighted by Gasteiger charge is -2.56. The number of halogens is 2. The first-order valence-electron chi connectivity index (χ1n) is 11.4. The summed E-state index contributed by atoms with van der Waals surface area (Å²) in [5.74, 6) is 2.54. The van der Waals surface area contributed by atoms with Crippen LogP contribution in [0.25, 0.3) is 10.2 Å². The third-order valence-corrected chi connectivity index (χ3v) is 9.03. The van der Waals surface area contributed by atoms with E-state index in [1.165, 1.54) is 19.3 Å². The molecule has 4 aliphatic rings. The minimum absolute atomic E-state index is 0. The van der Waals surface area contributed by atoms with Gasteiger partial charge in [0.1, 0.15) is 5.52 Å². The van der Waals surface area contributed by atoms with E-state index >= 15 is 0 Å². The van der Waals surface area contributed by atoms with E-state index in [9.17, 15) is 4.79 Å². The Labute approximate surface area is 203 Å². The van der Waals surface area contributed by atoms with Crippen molar-refractivity contribution in [1.82, 2.24) is 14.5 Å². The van der Waals surface area contributed by atoms with E-state index in [1.807, 2.05) is 35.6 Å². The molecule has 3 aromatic rings. The quantitative estimate of drug-likeness (QED) is 0.412. The Morgan fingerprint density at radius 2 is 1.91 bits per heavy atom. The van der Waals surface area contributed by atoms with E-state index in [2.05, 4.69) is 9.55 Å². The first-order chi connectivity index (χ1) is 15.1. The molecule has 2 heterocycles. The zero-order chi connectivity index (χ0) is 21.0. The third kappa shape index (κ3) is 3.84. The number of carbonyl (C=O) groups excluding carboxylic acids is 1. The Balaban J connectivity index is 0.00000216. The lowest BCUT2D eigenvalue weighted by atomic mass is 9.49. The smallest absolute Gasteiger partial charge is 0.235 e. The van der Waals surface area contributed by atoms with Gasteiger partial charge in [0.2, 0.25) is 5.91 Å². The normalized spacial score (nSPS) is 28.1. The number of aromatic nitrogens is 3. The van der Waals surface area contributed by atoms with Crippen LogP contribution < -0.4 is 4.90 Å².